The third-order valence-electron chi connectivity index (χ3n) is 2.61. The zero-order chi connectivity index (χ0) is 13.9. The normalized spacial score (nSPS) is 10.9. The van der Waals surface area contributed by atoms with E-state index in [1.54, 1.807) is 12.3 Å². The van der Waals surface area contributed by atoms with Crippen molar-refractivity contribution in [2.75, 3.05) is 4.72 Å². The van der Waals surface area contributed by atoms with Gasteiger partial charge in [0.2, 0.25) is 0 Å². The molecule has 0 saturated carbocycles. The Kier molecular flexibility index (Phi) is 3.53. The number of hydrogen-bond donors (Lipinski definition) is 2. The predicted octanol–water partition coefficient (Wildman–Crippen LogP) is 1.64. The van der Waals surface area contributed by atoms with Crippen LogP contribution >= 0.6 is 0 Å². The van der Waals surface area contributed by atoms with Crippen LogP contribution in [0.4, 0.5) is 5.82 Å². The summed E-state index contributed by atoms with van der Waals surface area (Å²) in [6, 6.07) is 7.74. The van der Waals surface area contributed by atoms with Crippen molar-refractivity contribution in [1.29, 1.82) is 5.26 Å². The number of H-pyrrole nitrogens is 1. The molecule has 98 valence electrons. The second-order valence-electron chi connectivity index (χ2n) is 3.87. The Morgan fingerprint density at radius 2 is 2.26 bits per heavy atom. The third kappa shape index (κ3) is 2.74. The highest BCUT2D eigenvalue weighted by atomic mass is 32.2. The molecule has 0 aliphatic heterocycles. The van der Waals surface area contributed by atoms with Crippen molar-refractivity contribution >= 4 is 15.8 Å². The van der Waals surface area contributed by atoms with Crippen LogP contribution in [-0.4, -0.2) is 18.6 Å². The summed E-state index contributed by atoms with van der Waals surface area (Å²) >= 11 is 0. The molecule has 0 fully saturated rings. The van der Waals surface area contributed by atoms with Gasteiger partial charge in [0.05, 0.1) is 22.7 Å². The van der Waals surface area contributed by atoms with Crippen molar-refractivity contribution in [2.24, 2.45) is 0 Å². The first-order chi connectivity index (χ1) is 9.06. The number of aromatic amines is 1. The first-order valence-corrected chi connectivity index (χ1v) is 7.10. The zero-order valence-electron chi connectivity index (χ0n) is 10.2. The topological polar surface area (TPSA) is 98.6 Å². The standard InChI is InChI=1S/C12H12N4O2S/c1-2-10-8-14-15-12(10)16-19(17,18)11-5-3-4-9(6-11)7-13/h3-6,8H,2H2,1H3,(H2,14,15,16). The van der Waals surface area contributed by atoms with E-state index >= 15 is 0 Å². The maximum Gasteiger partial charge on any atom is 0.263 e. The summed E-state index contributed by atoms with van der Waals surface area (Å²) in [6.07, 6.45) is 2.23. The van der Waals surface area contributed by atoms with E-state index in [9.17, 15) is 8.42 Å². The maximum absolute atomic E-state index is 12.2. The van der Waals surface area contributed by atoms with Gasteiger partial charge in [0.25, 0.3) is 10.0 Å². The monoisotopic (exact) mass is 276 g/mol. The molecule has 2 rings (SSSR count). The molecule has 0 spiro atoms. The molecule has 1 aromatic heterocycles. The summed E-state index contributed by atoms with van der Waals surface area (Å²) in [7, 11) is -3.72. The van der Waals surface area contributed by atoms with Crippen LogP contribution in [0.3, 0.4) is 0 Å². The summed E-state index contributed by atoms with van der Waals surface area (Å²) < 4.78 is 26.8. The number of aromatic nitrogens is 2. The molecule has 0 atom stereocenters. The lowest BCUT2D eigenvalue weighted by Crippen LogP contribution is -2.14. The van der Waals surface area contributed by atoms with Crippen LogP contribution in [0.5, 0.6) is 0 Å². The van der Waals surface area contributed by atoms with Gasteiger partial charge in [-0.25, -0.2) is 8.42 Å². The lowest BCUT2D eigenvalue weighted by Gasteiger charge is -2.07. The van der Waals surface area contributed by atoms with Crippen molar-refractivity contribution in [1.82, 2.24) is 10.2 Å². The number of anilines is 1. The van der Waals surface area contributed by atoms with Gasteiger partial charge in [0, 0.05) is 5.56 Å². The Hall–Kier alpha value is -2.33. The van der Waals surface area contributed by atoms with Crippen LogP contribution in [0.1, 0.15) is 18.1 Å². The number of benzene rings is 1. The zero-order valence-corrected chi connectivity index (χ0v) is 11.0. The maximum atomic E-state index is 12.2. The molecule has 19 heavy (non-hydrogen) atoms. The minimum absolute atomic E-state index is 0.0446. The summed E-state index contributed by atoms with van der Waals surface area (Å²) in [6.45, 7) is 1.90. The highest BCUT2D eigenvalue weighted by molar-refractivity contribution is 7.92. The summed E-state index contributed by atoms with van der Waals surface area (Å²) in [5.74, 6) is 0.352. The van der Waals surface area contributed by atoms with Crippen LogP contribution in [0.15, 0.2) is 35.4 Å². The van der Waals surface area contributed by atoms with Gasteiger partial charge in [-0.1, -0.05) is 13.0 Å². The number of sulfonamides is 1. The van der Waals surface area contributed by atoms with E-state index in [1.807, 2.05) is 13.0 Å². The number of aryl methyl sites for hydroxylation is 1. The van der Waals surface area contributed by atoms with E-state index in [0.29, 0.717) is 17.8 Å². The van der Waals surface area contributed by atoms with Crippen LogP contribution < -0.4 is 4.72 Å². The number of rotatable bonds is 4. The first kappa shape index (κ1) is 13.1. The average Bonchev–Trinajstić information content (AvgIpc) is 2.85. The van der Waals surface area contributed by atoms with Crippen LogP contribution in [0.2, 0.25) is 0 Å². The number of hydrogen-bond acceptors (Lipinski definition) is 4. The summed E-state index contributed by atoms with van der Waals surface area (Å²) in [4.78, 5) is 0.0446. The van der Waals surface area contributed by atoms with Crippen LogP contribution in [-0.2, 0) is 16.4 Å². The Balaban J connectivity index is 2.35. The van der Waals surface area contributed by atoms with E-state index in [1.165, 1.54) is 18.2 Å². The van der Waals surface area contributed by atoms with Crippen LogP contribution in [0, 0.1) is 11.3 Å². The van der Waals surface area contributed by atoms with E-state index < -0.39 is 10.0 Å². The fraction of sp³-hybridized carbons (Fsp3) is 0.167. The minimum atomic E-state index is -3.72. The second-order valence-corrected chi connectivity index (χ2v) is 5.55. The Labute approximate surface area is 111 Å². The second kappa shape index (κ2) is 5.12. The highest BCUT2D eigenvalue weighted by Gasteiger charge is 2.17. The molecule has 0 saturated heterocycles. The van der Waals surface area contributed by atoms with Crippen molar-refractivity contribution in [3.8, 4) is 6.07 Å². The van der Waals surface area contributed by atoms with E-state index in [0.717, 1.165) is 5.56 Å². The molecule has 0 unspecified atom stereocenters. The van der Waals surface area contributed by atoms with Gasteiger partial charge in [-0.2, -0.15) is 10.4 Å². The minimum Gasteiger partial charge on any atom is -0.264 e. The van der Waals surface area contributed by atoms with Crippen LogP contribution in [0.25, 0.3) is 0 Å². The molecule has 7 heteroatoms. The lowest BCUT2D eigenvalue weighted by atomic mass is 10.2. The fourth-order valence-corrected chi connectivity index (χ4v) is 2.70. The third-order valence-corrected chi connectivity index (χ3v) is 3.96. The molecule has 1 heterocycles. The molecule has 1 aromatic carbocycles. The first-order valence-electron chi connectivity index (χ1n) is 5.62. The fourth-order valence-electron chi connectivity index (χ4n) is 1.59. The molecule has 0 bridgehead atoms. The van der Waals surface area contributed by atoms with Gasteiger partial charge < -0.3 is 0 Å². The molecule has 0 amide bonds. The van der Waals surface area contributed by atoms with Crippen molar-refractivity contribution in [3.05, 3.63) is 41.6 Å². The van der Waals surface area contributed by atoms with Crippen molar-refractivity contribution < 1.29 is 8.42 Å². The van der Waals surface area contributed by atoms with Crippen molar-refractivity contribution in [3.63, 3.8) is 0 Å². The molecule has 2 N–H and O–H groups in total. The molecule has 6 nitrogen and oxygen atoms in total. The summed E-state index contributed by atoms with van der Waals surface area (Å²) in [5, 5.41) is 15.2. The molecule has 0 aliphatic carbocycles. The number of nitrogens with one attached hydrogen (secondary N) is 2. The molecular formula is C12H12N4O2S. The molecular weight excluding hydrogens is 264 g/mol. The largest absolute Gasteiger partial charge is 0.264 e. The molecule has 2 aromatic rings. The Morgan fingerprint density at radius 3 is 2.95 bits per heavy atom. The predicted molar refractivity (Wildman–Crippen MR) is 69.9 cm³/mol. The van der Waals surface area contributed by atoms with Gasteiger partial charge in [-0.05, 0) is 24.6 Å². The molecule has 0 radical (unpaired) electrons. The highest BCUT2D eigenvalue weighted by Crippen LogP contribution is 2.18. The smallest absolute Gasteiger partial charge is 0.263 e. The Morgan fingerprint density at radius 1 is 1.47 bits per heavy atom. The SMILES string of the molecule is CCc1cn[nH]c1NS(=O)(=O)c1cccc(C#N)c1. The van der Waals surface area contributed by atoms with Gasteiger partial charge in [0.15, 0.2) is 0 Å². The van der Waals surface area contributed by atoms with E-state index in [2.05, 4.69) is 14.9 Å². The quantitative estimate of drug-likeness (QED) is 0.886. The van der Waals surface area contributed by atoms with Gasteiger partial charge in [-0.3, -0.25) is 9.82 Å². The Bertz CT molecular complexity index is 728. The lowest BCUT2D eigenvalue weighted by molar-refractivity contribution is 0.601. The van der Waals surface area contributed by atoms with Gasteiger partial charge in [-0.15, -0.1) is 0 Å². The van der Waals surface area contributed by atoms with Gasteiger partial charge in [0.1, 0.15) is 5.82 Å². The summed E-state index contributed by atoms with van der Waals surface area (Å²) in [5.41, 5.74) is 1.07. The number of nitriles is 1. The van der Waals surface area contributed by atoms with E-state index in [-0.39, 0.29) is 4.90 Å². The number of nitrogens with zero attached hydrogens (tertiary/aromatic N) is 2. The van der Waals surface area contributed by atoms with E-state index in [4.69, 9.17) is 5.26 Å². The van der Waals surface area contributed by atoms with Crippen molar-refractivity contribution in [2.45, 2.75) is 18.2 Å². The van der Waals surface area contributed by atoms with Gasteiger partial charge >= 0.3 is 0 Å². The average molecular weight is 276 g/mol. The molecule has 0 aliphatic rings.